The summed E-state index contributed by atoms with van der Waals surface area (Å²) in [7, 11) is 0. The van der Waals surface area contributed by atoms with Crippen molar-refractivity contribution in [3.8, 4) is 0 Å². The minimum absolute atomic E-state index is 0.0348. The van der Waals surface area contributed by atoms with Gasteiger partial charge in [0.05, 0.1) is 0 Å². The lowest BCUT2D eigenvalue weighted by Gasteiger charge is -1.83. The number of hydrogen-bond acceptors (Lipinski definition) is 2. The van der Waals surface area contributed by atoms with Crippen LogP contribution < -0.4 is 5.43 Å². The zero-order valence-corrected chi connectivity index (χ0v) is 7.59. The number of aryl methyl sites for hydroxylation is 2. The molecule has 3 heteroatoms. The van der Waals surface area contributed by atoms with Crippen molar-refractivity contribution in [2.75, 3.05) is 0 Å². The first-order valence-corrected chi connectivity index (χ1v) is 4.14. The van der Waals surface area contributed by atoms with Crippen LogP contribution in [-0.4, -0.2) is 10.2 Å². The highest BCUT2D eigenvalue weighted by Crippen LogP contribution is 2.11. The van der Waals surface area contributed by atoms with Gasteiger partial charge in [0.25, 0.3) is 0 Å². The van der Waals surface area contributed by atoms with Crippen molar-refractivity contribution in [2.45, 2.75) is 13.8 Å². The largest absolute Gasteiger partial charge is 0.287 e. The van der Waals surface area contributed by atoms with E-state index in [0.29, 0.717) is 5.52 Å². The molecule has 0 aliphatic rings. The zero-order chi connectivity index (χ0) is 9.42. The summed E-state index contributed by atoms with van der Waals surface area (Å²) in [6.07, 6.45) is 0. The summed E-state index contributed by atoms with van der Waals surface area (Å²) in [5.41, 5.74) is 2.49. The van der Waals surface area contributed by atoms with Gasteiger partial charge in [0, 0.05) is 11.1 Å². The second-order valence-corrected chi connectivity index (χ2v) is 3.20. The number of hydrogen-bond donors (Lipinski definition) is 1. The lowest BCUT2D eigenvalue weighted by atomic mass is 10.2. The fraction of sp³-hybridized carbons (Fsp3) is 0.200. The summed E-state index contributed by atoms with van der Waals surface area (Å²) in [5, 5.41) is 7.68. The highest BCUT2D eigenvalue weighted by molar-refractivity contribution is 5.80. The lowest BCUT2D eigenvalue weighted by Crippen LogP contribution is -1.94. The fourth-order valence-electron chi connectivity index (χ4n) is 1.36. The average Bonchev–Trinajstić information content (AvgIpc) is 2.37. The molecule has 0 amide bonds. The molecule has 0 saturated heterocycles. The minimum atomic E-state index is -0.0348. The summed E-state index contributed by atoms with van der Waals surface area (Å²) < 4.78 is 0. The molecule has 13 heavy (non-hydrogen) atoms. The maximum absolute atomic E-state index is 11.5. The summed E-state index contributed by atoms with van der Waals surface area (Å²) >= 11 is 0. The lowest BCUT2D eigenvalue weighted by molar-refractivity contribution is 1.06. The molecule has 2 aromatic rings. The van der Waals surface area contributed by atoms with Crippen molar-refractivity contribution in [2.24, 2.45) is 0 Å². The third-order valence-electron chi connectivity index (χ3n) is 2.10. The Morgan fingerprint density at radius 1 is 1.31 bits per heavy atom. The number of H-pyrrole nitrogens is 1. The van der Waals surface area contributed by atoms with Crippen LogP contribution in [0.5, 0.6) is 0 Å². The maximum atomic E-state index is 11.5. The van der Waals surface area contributed by atoms with Crippen LogP contribution in [0.1, 0.15) is 11.3 Å². The number of rotatable bonds is 0. The van der Waals surface area contributed by atoms with Crippen LogP contribution in [0.3, 0.4) is 0 Å². The fourth-order valence-corrected chi connectivity index (χ4v) is 1.36. The molecule has 1 aromatic carbocycles. The third-order valence-corrected chi connectivity index (χ3v) is 2.10. The molecule has 0 aliphatic carbocycles. The van der Waals surface area contributed by atoms with E-state index >= 15 is 0 Å². The second-order valence-electron chi connectivity index (χ2n) is 3.20. The third kappa shape index (κ3) is 1.22. The molecular formula is C10H10N2O. The van der Waals surface area contributed by atoms with Crippen LogP contribution in [0.4, 0.5) is 0 Å². The van der Waals surface area contributed by atoms with Crippen LogP contribution in [0.2, 0.25) is 0 Å². The Bertz CT molecular complexity index is 514. The summed E-state index contributed by atoms with van der Waals surface area (Å²) in [6, 6.07) is 5.33. The van der Waals surface area contributed by atoms with Gasteiger partial charge in [-0.15, -0.1) is 0 Å². The van der Waals surface area contributed by atoms with Gasteiger partial charge in [0.1, 0.15) is 5.52 Å². The average molecular weight is 174 g/mol. The Kier molecular flexibility index (Phi) is 1.65. The first kappa shape index (κ1) is 7.98. The van der Waals surface area contributed by atoms with Gasteiger partial charge >= 0.3 is 0 Å². The molecule has 0 spiro atoms. The van der Waals surface area contributed by atoms with E-state index in [1.807, 2.05) is 26.0 Å². The van der Waals surface area contributed by atoms with E-state index < -0.39 is 0 Å². The molecule has 0 fully saturated rings. The quantitative estimate of drug-likeness (QED) is 0.658. The van der Waals surface area contributed by atoms with Gasteiger partial charge in [-0.3, -0.25) is 9.89 Å². The highest BCUT2D eigenvalue weighted by Gasteiger charge is 2.02. The summed E-state index contributed by atoms with van der Waals surface area (Å²) in [4.78, 5) is 11.5. The molecule has 0 radical (unpaired) electrons. The molecule has 2 rings (SSSR count). The van der Waals surface area contributed by atoms with E-state index in [9.17, 15) is 4.79 Å². The molecule has 0 aliphatic heterocycles. The van der Waals surface area contributed by atoms with Crippen LogP contribution in [0, 0.1) is 13.8 Å². The van der Waals surface area contributed by atoms with Crippen LogP contribution >= 0.6 is 0 Å². The van der Waals surface area contributed by atoms with Crippen LogP contribution in [0.25, 0.3) is 10.9 Å². The van der Waals surface area contributed by atoms with Gasteiger partial charge in [-0.25, -0.2) is 0 Å². The van der Waals surface area contributed by atoms with Gasteiger partial charge in [-0.2, -0.15) is 5.10 Å². The molecule has 1 N–H and O–H groups in total. The van der Waals surface area contributed by atoms with E-state index in [-0.39, 0.29) is 5.43 Å². The monoisotopic (exact) mass is 174 g/mol. The summed E-state index contributed by atoms with van der Waals surface area (Å²) in [5.74, 6) is 0. The van der Waals surface area contributed by atoms with Crippen molar-refractivity contribution in [1.29, 1.82) is 0 Å². The molecule has 0 unspecified atom stereocenters. The minimum Gasteiger partial charge on any atom is -0.287 e. The van der Waals surface area contributed by atoms with E-state index in [1.54, 1.807) is 6.07 Å². The Morgan fingerprint density at radius 2 is 2.08 bits per heavy atom. The van der Waals surface area contributed by atoms with E-state index in [1.165, 1.54) is 0 Å². The smallest absolute Gasteiger partial charge is 0.206 e. The van der Waals surface area contributed by atoms with Crippen LogP contribution in [0.15, 0.2) is 23.0 Å². The Labute approximate surface area is 75.4 Å². The Morgan fingerprint density at radius 3 is 2.85 bits per heavy atom. The molecule has 0 atom stereocenters. The van der Waals surface area contributed by atoms with Crippen molar-refractivity contribution >= 4 is 10.9 Å². The van der Waals surface area contributed by atoms with Crippen molar-refractivity contribution in [3.05, 3.63) is 39.7 Å². The molecule has 1 aromatic heterocycles. The predicted molar refractivity (Wildman–Crippen MR) is 51.8 cm³/mol. The number of nitrogens with one attached hydrogen (secondary N) is 1. The highest BCUT2D eigenvalue weighted by atomic mass is 16.1. The van der Waals surface area contributed by atoms with Gasteiger partial charge in [-0.1, -0.05) is 11.6 Å². The molecule has 1 heterocycles. The van der Waals surface area contributed by atoms with Crippen molar-refractivity contribution in [3.63, 3.8) is 0 Å². The topological polar surface area (TPSA) is 45.8 Å². The Balaban J connectivity index is 3.06. The predicted octanol–water partition coefficient (Wildman–Crippen LogP) is 1.54. The van der Waals surface area contributed by atoms with Gasteiger partial charge in [-0.05, 0) is 26.0 Å². The standard InChI is InChI=1S/C10H10N2O/c1-6-3-4-9(13)10-8(5-6)7(2)11-12-10/h3-5H,1-2H3,(H,11,12). The molecule has 66 valence electrons. The summed E-state index contributed by atoms with van der Waals surface area (Å²) in [6.45, 7) is 3.87. The number of aromatic nitrogens is 2. The first-order chi connectivity index (χ1) is 6.18. The van der Waals surface area contributed by atoms with Crippen LogP contribution in [-0.2, 0) is 0 Å². The molecule has 3 nitrogen and oxygen atoms in total. The number of fused-ring (bicyclic) bond motifs is 1. The molecular weight excluding hydrogens is 164 g/mol. The Hall–Kier alpha value is -1.64. The van der Waals surface area contributed by atoms with Crippen molar-refractivity contribution < 1.29 is 0 Å². The van der Waals surface area contributed by atoms with E-state index in [0.717, 1.165) is 16.6 Å². The van der Waals surface area contributed by atoms with Crippen molar-refractivity contribution in [1.82, 2.24) is 10.2 Å². The van der Waals surface area contributed by atoms with Gasteiger partial charge in [0.2, 0.25) is 5.43 Å². The SMILES string of the molecule is Cc1ccc(=O)c2n[nH]c(C)c2c1. The maximum Gasteiger partial charge on any atom is 0.206 e. The van der Waals surface area contributed by atoms with E-state index in [2.05, 4.69) is 10.2 Å². The van der Waals surface area contributed by atoms with Gasteiger partial charge in [0.15, 0.2) is 0 Å². The molecule has 0 saturated carbocycles. The first-order valence-electron chi connectivity index (χ1n) is 4.14. The zero-order valence-electron chi connectivity index (χ0n) is 7.59. The van der Waals surface area contributed by atoms with Gasteiger partial charge < -0.3 is 0 Å². The number of aromatic amines is 1. The molecule has 0 bridgehead atoms. The second kappa shape index (κ2) is 2.69. The number of nitrogens with zero attached hydrogens (tertiary/aromatic N) is 1. The normalized spacial score (nSPS) is 10.6. The van der Waals surface area contributed by atoms with E-state index in [4.69, 9.17) is 0 Å².